The molecule has 0 atom stereocenters. The van der Waals surface area contributed by atoms with Gasteiger partial charge in [0.2, 0.25) is 0 Å². The Kier molecular flexibility index (Phi) is 3.84. The molecular weight excluding hydrogens is 286 g/mol. The van der Waals surface area contributed by atoms with Crippen LogP contribution < -0.4 is 0 Å². The van der Waals surface area contributed by atoms with E-state index in [0.29, 0.717) is 11.4 Å². The van der Waals surface area contributed by atoms with Crippen LogP contribution >= 0.6 is 12.8 Å². The first-order chi connectivity index (χ1) is 9.47. The molecule has 0 spiro atoms. The number of nitro benzene ring substituents is 1. The highest BCUT2D eigenvalue weighted by Gasteiger charge is 2.11. The Hall–Kier alpha value is -2.62. The van der Waals surface area contributed by atoms with E-state index in [-0.39, 0.29) is 12.2 Å². The second-order valence-electron chi connectivity index (χ2n) is 3.77. The topological polar surface area (TPSA) is 114 Å². The number of hydrogen-bond acceptors (Lipinski definition) is 6. The molecule has 20 heavy (non-hydrogen) atoms. The zero-order valence-electron chi connectivity index (χ0n) is 9.95. The lowest BCUT2D eigenvalue weighted by Crippen LogP contribution is -2.18. The van der Waals surface area contributed by atoms with Gasteiger partial charge in [0.1, 0.15) is 5.69 Å². The van der Waals surface area contributed by atoms with Crippen LogP contribution in [0.15, 0.2) is 30.5 Å². The van der Waals surface area contributed by atoms with Crippen molar-refractivity contribution in [2.45, 2.75) is 6.54 Å². The third kappa shape index (κ3) is 3.03. The summed E-state index contributed by atoms with van der Waals surface area (Å²) in [4.78, 5) is 20.7. The van der Waals surface area contributed by atoms with E-state index in [4.69, 9.17) is 5.11 Å². The quantitative estimate of drug-likeness (QED) is 0.502. The largest absolute Gasteiger partial charge is 0.464 e. The summed E-state index contributed by atoms with van der Waals surface area (Å²) in [6.07, 6.45) is 0.325. The van der Waals surface area contributed by atoms with Crippen molar-refractivity contribution < 1.29 is 14.8 Å². The number of rotatable bonds is 4. The fourth-order valence-corrected chi connectivity index (χ4v) is 1.59. The first-order valence-corrected chi connectivity index (χ1v) is 5.73. The lowest BCUT2D eigenvalue weighted by Gasteiger charge is -2.07. The van der Waals surface area contributed by atoms with Gasteiger partial charge in [-0.1, -0.05) is 18.0 Å². The van der Waals surface area contributed by atoms with Crippen molar-refractivity contribution in [2.24, 2.45) is 0 Å². The Labute approximate surface area is 118 Å². The van der Waals surface area contributed by atoms with Gasteiger partial charge in [0, 0.05) is 12.1 Å². The summed E-state index contributed by atoms with van der Waals surface area (Å²) in [5.41, 5.74) is 0.956. The standard InChI is InChI=1S/C10H9N5O4S/c16-10(17)14(20)6-7-5-13(12-11-7)8-1-3-9(4-2-8)15(18)19/h1-5,20H,6H2,(H,16,17). The van der Waals surface area contributed by atoms with Crippen molar-refractivity contribution in [3.63, 3.8) is 0 Å². The molecule has 10 heteroatoms. The monoisotopic (exact) mass is 295 g/mol. The summed E-state index contributed by atoms with van der Waals surface area (Å²) < 4.78 is 2.16. The summed E-state index contributed by atoms with van der Waals surface area (Å²) in [5, 5.41) is 26.8. The summed E-state index contributed by atoms with van der Waals surface area (Å²) in [7, 11) is 0. The molecule has 0 aliphatic heterocycles. The number of nitrogens with zero attached hydrogens (tertiary/aromatic N) is 5. The molecule has 0 saturated carbocycles. The third-order valence-electron chi connectivity index (χ3n) is 2.40. The normalized spacial score (nSPS) is 10.2. The second-order valence-corrected chi connectivity index (χ2v) is 4.25. The van der Waals surface area contributed by atoms with Crippen LogP contribution in [0.1, 0.15) is 5.69 Å². The second kappa shape index (κ2) is 5.57. The van der Waals surface area contributed by atoms with Crippen molar-refractivity contribution in [2.75, 3.05) is 0 Å². The molecule has 2 aromatic rings. The van der Waals surface area contributed by atoms with Gasteiger partial charge in [-0.15, -0.1) is 5.10 Å². The zero-order valence-corrected chi connectivity index (χ0v) is 10.8. The SMILES string of the molecule is O=C(O)N(S)Cc1cn(-c2ccc([N+](=O)[O-])cc2)nn1. The molecule has 9 nitrogen and oxygen atoms in total. The van der Waals surface area contributed by atoms with Gasteiger partial charge in [-0.05, 0) is 12.1 Å². The van der Waals surface area contributed by atoms with E-state index in [1.165, 1.54) is 35.1 Å². The molecule has 1 N–H and O–H groups in total. The molecule has 104 valence electrons. The minimum atomic E-state index is -1.20. The fraction of sp³-hybridized carbons (Fsp3) is 0.100. The molecule has 0 bridgehead atoms. The molecule has 0 radical (unpaired) electrons. The van der Waals surface area contributed by atoms with Crippen molar-refractivity contribution >= 4 is 24.6 Å². The predicted molar refractivity (Wildman–Crippen MR) is 70.6 cm³/mol. The van der Waals surface area contributed by atoms with E-state index < -0.39 is 11.0 Å². The predicted octanol–water partition coefficient (Wildman–Crippen LogP) is 1.50. The maximum Gasteiger partial charge on any atom is 0.417 e. The lowest BCUT2D eigenvalue weighted by molar-refractivity contribution is -0.384. The van der Waals surface area contributed by atoms with Gasteiger partial charge in [0.25, 0.3) is 5.69 Å². The Morgan fingerprint density at radius 1 is 1.45 bits per heavy atom. The van der Waals surface area contributed by atoms with E-state index in [0.717, 1.165) is 4.31 Å². The van der Waals surface area contributed by atoms with Gasteiger partial charge in [0.05, 0.1) is 23.4 Å². The van der Waals surface area contributed by atoms with Crippen molar-refractivity contribution in [3.8, 4) is 5.69 Å². The fourth-order valence-electron chi connectivity index (χ4n) is 1.45. The number of thiol groups is 1. The van der Waals surface area contributed by atoms with Crippen LogP contribution in [0.2, 0.25) is 0 Å². The van der Waals surface area contributed by atoms with Gasteiger partial charge >= 0.3 is 6.09 Å². The van der Waals surface area contributed by atoms with E-state index in [1.807, 2.05) is 0 Å². The van der Waals surface area contributed by atoms with Gasteiger partial charge < -0.3 is 5.11 Å². The molecule has 0 fully saturated rings. The number of nitro groups is 1. The number of hydrogen-bond donors (Lipinski definition) is 2. The summed E-state index contributed by atoms with van der Waals surface area (Å²) >= 11 is 3.75. The number of non-ortho nitro benzene ring substituents is 1. The molecule has 1 amide bonds. The van der Waals surface area contributed by atoms with Gasteiger partial charge in [0.15, 0.2) is 0 Å². The van der Waals surface area contributed by atoms with E-state index in [2.05, 4.69) is 23.1 Å². The minimum absolute atomic E-state index is 0.0224. The van der Waals surface area contributed by atoms with Gasteiger partial charge in [-0.25, -0.2) is 13.8 Å². The maximum absolute atomic E-state index is 10.6. The highest BCUT2D eigenvalue weighted by molar-refractivity contribution is 7.78. The third-order valence-corrected chi connectivity index (χ3v) is 2.71. The van der Waals surface area contributed by atoms with E-state index in [1.54, 1.807) is 0 Å². The maximum atomic E-state index is 10.6. The summed E-state index contributed by atoms with van der Waals surface area (Å²) in [6, 6.07) is 5.73. The van der Waals surface area contributed by atoms with Crippen LogP contribution in [0.3, 0.4) is 0 Å². The van der Waals surface area contributed by atoms with Crippen LogP contribution in [0.25, 0.3) is 5.69 Å². The number of carboxylic acid groups (broad SMARTS) is 1. The van der Waals surface area contributed by atoms with Crippen molar-refractivity contribution in [1.82, 2.24) is 19.3 Å². The Balaban J connectivity index is 2.16. The number of carbonyl (C=O) groups is 1. The number of benzene rings is 1. The molecule has 0 aliphatic rings. The molecule has 2 rings (SSSR count). The Bertz CT molecular complexity index is 641. The molecular formula is C10H9N5O4S. The summed E-state index contributed by atoms with van der Waals surface area (Å²) in [5.74, 6) is 0. The molecule has 1 heterocycles. The molecule has 0 saturated heterocycles. The average Bonchev–Trinajstić information content (AvgIpc) is 2.87. The molecule has 1 aromatic carbocycles. The van der Waals surface area contributed by atoms with E-state index in [9.17, 15) is 14.9 Å². The number of aromatic nitrogens is 3. The van der Waals surface area contributed by atoms with Crippen LogP contribution in [0.5, 0.6) is 0 Å². The van der Waals surface area contributed by atoms with Crippen LogP contribution in [0, 0.1) is 10.1 Å². The minimum Gasteiger partial charge on any atom is -0.464 e. The molecule has 1 aromatic heterocycles. The van der Waals surface area contributed by atoms with E-state index >= 15 is 0 Å². The summed E-state index contributed by atoms with van der Waals surface area (Å²) in [6.45, 7) is -0.0224. The van der Waals surface area contributed by atoms with Crippen molar-refractivity contribution in [3.05, 3.63) is 46.3 Å². The molecule has 0 unspecified atom stereocenters. The Morgan fingerprint density at radius 3 is 2.65 bits per heavy atom. The average molecular weight is 295 g/mol. The van der Waals surface area contributed by atoms with Crippen LogP contribution in [0.4, 0.5) is 10.5 Å². The smallest absolute Gasteiger partial charge is 0.417 e. The van der Waals surface area contributed by atoms with Crippen LogP contribution in [-0.2, 0) is 6.54 Å². The first kappa shape index (κ1) is 13.8. The first-order valence-electron chi connectivity index (χ1n) is 5.33. The lowest BCUT2D eigenvalue weighted by atomic mass is 10.3. The molecule has 0 aliphatic carbocycles. The van der Waals surface area contributed by atoms with Gasteiger partial charge in [-0.3, -0.25) is 10.1 Å². The highest BCUT2D eigenvalue weighted by atomic mass is 32.1. The number of amides is 1. The van der Waals surface area contributed by atoms with Gasteiger partial charge in [-0.2, -0.15) is 0 Å². The highest BCUT2D eigenvalue weighted by Crippen LogP contribution is 2.15. The Morgan fingerprint density at radius 2 is 2.10 bits per heavy atom. The van der Waals surface area contributed by atoms with Crippen LogP contribution in [-0.4, -0.2) is 35.4 Å². The zero-order chi connectivity index (χ0) is 14.7. The van der Waals surface area contributed by atoms with Crippen molar-refractivity contribution in [1.29, 1.82) is 0 Å².